The molecule has 2 aromatic carbocycles. The number of carbonyl (C=O) groups is 1. The van der Waals surface area contributed by atoms with E-state index in [4.69, 9.17) is 0 Å². The van der Waals surface area contributed by atoms with Crippen molar-refractivity contribution >= 4 is 21.6 Å². The second-order valence-corrected chi connectivity index (χ2v) is 8.41. The molecule has 25 heavy (non-hydrogen) atoms. The molecule has 6 heteroatoms. The molecule has 0 aromatic heterocycles. The second kappa shape index (κ2) is 6.88. The average Bonchev–Trinajstić information content (AvgIpc) is 2.60. The first-order valence-corrected chi connectivity index (χ1v) is 10.1. The van der Waals surface area contributed by atoms with Crippen LogP contribution in [0.25, 0.3) is 0 Å². The van der Waals surface area contributed by atoms with Crippen molar-refractivity contribution in [1.82, 2.24) is 5.32 Å². The lowest BCUT2D eigenvalue weighted by Crippen LogP contribution is -2.31. The minimum Gasteiger partial charge on any atom is -0.345 e. The van der Waals surface area contributed by atoms with Gasteiger partial charge in [0.15, 0.2) is 0 Å². The number of fused-ring (bicyclic) bond motifs is 1. The van der Waals surface area contributed by atoms with Crippen LogP contribution in [0.4, 0.5) is 5.69 Å². The standard InChI is InChI=1S/C19H22N2O3S/c1-21(25(2,23)24)16-10-5-9-15(13-16)19(22)20-18-12-6-8-14-7-3-4-11-17(14)18/h3-5,7,9-11,13,18H,6,8,12H2,1-2H3,(H,20,22)/t18-/m1/s1. The SMILES string of the molecule is CN(c1cccc(C(=O)N[C@@H]2CCCc3ccccc32)c1)S(C)(=O)=O. The van der Waals surface area contributed by atoms with E-state index in [2.05, 4.69) is 17.4 Å². The monoisotopic (exact) mass is 358 g/mol. The van der Waals surface area contributed by atoms with Gasteiger partial charge in [-0.05, 0) is 48.6 Å². The molecular weight excluding hydrogens is 336 g/mol. The maximum atomic E-state index is 12.7. The summed E-state index contributed by atoms with van der Waals surface area (Å²) in [7, 11) is -1.89. The Balaban J connectivity index is 1.81. The summed E-state index contributed by atoms with van der Waals surface area (Å²) in [6.07, 6.45) is 4.13. The zero-order chi connectivity index (χ0) is 18.0. The van der Waals surface area contributed by atoms with Crippen LogP contribution in [-0.4, -0.2) is 27.6 Å². The minimum absolute atomic E-state index is 0.00579. The lowest BCUT2D eigenvalue weighted by molar-refractivity contribution is 0.0932. The number of hydrogen-bond donors (Lipinski definition) is 1. The third-order valence-electron chi connectivity index (χ3n) is 4.64. The van der Waals surface area contributed by atoms with E-state index in [-0.39, 0.29) is 11.9 Å². The predicted molar refractivity (Wildman–Crippen MR) is 99.3 cm³/mol. The molecule has 0 bridgehead atoms. The third-order valence-corrected chi connectivity index (χ3v) is 5.85. The topological polar surface area (TPSA) is 66.5 Å². The van der Waals surface area contributed by atoms with Gasteiger partial charge in [0.2, 0.25) is 10.0 Å². The Morgan fingerprint density at radius 1 is 1.16 bits per heavy atom. The first-order valence-electron chi connectivity index (χ1n) is 8.29. The van der Waals surface area contributed by atoms with Crippen LogP contribution in [0.15, 0.2) is 48.5 Å². The summed E-state index contributed by atoms with van der Waals surface area (Å²) < 4.78 is 24.6. The molecule has 2 aromatic rings. The zero-order valence-electron chi connectivity index (χ0n) is 14.4. The largest absolute Gasteiger partial charge is 0.345 e. The van der Waals surface area contributed by atoms with E-state index in [1.165, 1.54) is 22.5 Å². The summed E-state index contributed by atoms with van der Waals surface area (Å²) in [4.78, 5) is 12.7. The van der Waals surface area contributed by atoms with Crippen LogP contribution >= 0.6 is 0 Å². The van der Waals surface area contributed by atoms with Gasteiger partial charge >= 0.3 is 0 Å². The first-order chi connectivity index (χ1) is 11.9. The van der Waals surface area contributed by atoms with Crippen LogP contribution in [0.1, 0.15) is 40.4 Å². The Kier molecular flexibility index (Phi) is 4.81. The van der Waals surface area contributed by atoms with E-state index >= 15 is 0 Å². The van der Waals surface area contributed by atoms with Crippen LogP contribution < -0.4 is 9.62 Å². The first kappa shape index (κ1) is 17.5. The van der Waals surface area contributed by atoms with Gasteiger partial charge in [0, 0.05) is 12.6 Å². The molecule has 0 saturated carbocycles. The number of rotatable bonds is 4. The number of sulfonamides is 1. The van der Waals surface area contributed by atoms with Gasteiger partial charge in [-0.1, -0.05) is 30.3 Å². The minimum atomic E-state index is -3.36. The van der Waals surface area contributed by atoms with Crippen molar-refractivity contribution in [3.8, 4) is 0 Å². The fraction of sp³-hybridized carbons (Fsp3) is 0.316. The molecule has 1 aliphatic carbocycles. The van der Waals surface area contributed by atoms with Crippen molar-refractivity contribution in [2.24, 2.45) is 0 Å². The maximum Gasteiger partial charge on any atom is 0.251 e. The lowest BCUT2D eigenvalue weighted by Gasteiger charge is -2.26. The van der Waals surface area contributed by atoms with E-state index < -0.39 is 10.0 Å². The number of amides is 1. The average molecular weight is 358 g/mol. The summed E-state index contributed by atoms with van der Waals surface area (Å²) >= 11 is 0. The van der Waals surface area contributed by atoms with Gasteiger partial charge in [0.25, 0.3) is 5.91 Å². The van der Waals surface area contributed by atoms with Gasteiger partial charge in [0.1, 0.15) is 0 Å². The van der Waals surface area contributed by atoms with Crippen LogP contribution in [0.5, 0.6) is 0 Å². The highest BCUT2D eigenvalue weighted by molar-refractivity contribution is 7.92. The molecule has 0 saturated heterocycles. The normalized spacial score (nSPS) is 16.8. The van der Waals surface area contributed by atoms with Crippen molar-refractivity contribution < 1.29 is 13.2 Å². The van der Waals surface area contributed by atoms with Crippen molar-refractivity contribution in [1.29, 1.82) is 0 Å². The quantitative estimate of drug-likeness (QED) is 0.914. The molecule has 0 aliphatic heterocycles. The number of anilines is 1. The van der Waals surface area contributed by atoms with Gasteiger partial charge < -0.3 is 5.32 Å². The number of aryl methyl sites for hydroxylation is 1. The van der Waals surface area contributed by atoms with E-state index in [1.807, 2.05) is 12.1 Å². The maximum absolute atomic E-state index is 12.7. The van der Waals surface area contributed by atoms with Crippen molar-refractivity contribution in [3.05, 3.63) is 65.2 Å². The van der Waals surface area contributed by atoms with Gasteiger partial charge in [0.05, 0.1) is 18.0 Å². The van der Waals surface area contributed by atoms with Crippen LogP contribution in [0.2, 0.25) is 0 Å². The molecule has 3 rings (SSSR count). The van der Waals surface area contributed by atoms with Crippen molar-refractivity contribution in [3.63, 3.8) is 0 Å². The second-order valence-electron chi connectivity index (χ2n) is 6.40. The van der Waals surface area contributed by atoms with Crippen molar-refractivity contribution in [2.75, 3.05) is 17.6 Å². The molecule has 0 fully saturated rings. The Morgan fingerprint density at radius 2 is 1.92 bits per heavy atom. The highest BCUT2D eigenvalue weighted by atomic mass is 32.2. The summed E-state index contributed by atoms with van der Waals surface area (Å²) in [6, 6.07) is 14.8. The molecule has 1 amide bonds. The summed E-state index contributed by atoms with van der Waals surface area (Å²) in [5.74, 6) is -0.189. The Hall–Kier alpha value is -2.34. The van der Waals surface area contributed by atoms with E-state index in [0.29, 0.717) is 11.3 Å². The van der Waals surface area contributed by atoms with Crippen LogP contribution in [0, 0.1) is 0 Å². The highest BCUT2D eigenvalue weighted by Gasteiger charge is 2.22. The molecule has 5 nitrogen and oxygen atoms in total. The number of nitrogens with zero attached hydrogens (tertiary/aromatic N) is 1. The fourth-order valence-corrected chi connectivity index (χ4v) is 3.68. The molecule has 1 atom stereocenters. The number of hydrogen-bond acceptors (Lipinski definition) is 3. The number of carbonyl (C=O) groups excluding carboxylic acids is 1. The van der Waals surface area contributed by atoms with Gasteiger partial charge in [-0.3, -0.25) is 9.10 Å². The summed E-state index contributed by atoms with van der Waals surface area (Å²) in [6.45, 7) is 0. The van der Waals surface area contributed by atoms with E-state index in [0.717, 1.165) is 25.5 Å². The molecule has 132 valence electrons. The molecule has 0 heterocycles. The van der Waals surface area contributed by atoms with Crippen LogP contribution in [0.3, 0.4) is 0 Å². The number of nitrogens with one attached hydrogen (secondary N) is 1. The smallest absolute Gasteiger partial charge is 0.251 e. The fourth-order valence-electron chi connectivity index (χ4n) is 3.18. The molecule has 0 radical (unpaired) electrons. The molecule has 0 unspecified atom stereocenters. The Bertz CT molecular complexity index is 893. The van der Waals surface area contributed by atoms with Gasteiger partial charge in [-0.2, -0.15) is 0 Å². The van der Waals surface area contributed by atoms with Crippen LogP contribution in [-0.2, 0) is 16.4 Å². The summed E-state index contributed by atoms with van der Waals surface area (Å²) in [5.41, 5.74) is 3.38. The van der Waals surface area contributed by atoms with Gasteiger partial charge in [-0.25, -0.2) is 8.42 Å². The molecule has 1 N–H and O–H groups in total. The van der Waals surface area contributed by atoms with Gasteiger partial charge in [-0.15, -0.1) is 0 Å². The molecule has 1 aliphatic rings. The lowest BCUT2D eigenvalue weighted by atomic mass is 9.87. The Labute approximate surface area is 148 Å². The third kappa shape index (κ3) is 3.85. The Morgan fingerprint density at radius 3 is 2.68 bits per heavy atom. The van der Waals surface area contributed by atoms with Crippen molar-refractivity contribution in [2.45, 2.75) is 25.3 Å². The summed E-state index contributed by atoms with van der Waals surface area (Å²) in [5, 5.41) is 3.09. The molecule has 0 spiro atoms. The highest BCUT2D eigenvalue weighted by Crippen LogP contribution is 2.29. The zero-order valence-corrected chi connectivity index (χ0v) is 15.2. The number of benzene rings is 2. The van der Waals surface area contributed by atoms with E-state index in [1.54, 1.807) is 24.3 Å². The molecular formula is C19H22N2O3S. The predicted octanol–water partition coefficient (Wildman–Crippen LogP) is 2.89. The van der Waals surface area contributed by atoms with E-state index in [9.17, 15) is 13.2 Å².